The second-order valence-electron chi connectivity index (χ2n) is 5.80. The van der Waals surface area contributed by atoms with Crippen LogP contribution in [0.15, 0.2) is 59.5 Å². The molecule has 0 spiro atoms. The predicted molar refractivity (Wildman–Crippen MR) is 98.7 cm³/mol. The molecule has 2 aromatic carbocycles. The number of aryl methyl sites for hydroxylation is 1. The second kappa shape index (κ2) is 9.29. The van der Waals surface area contributed by atoms with Crippen molar-refractivity contribution in [1.82, 2.24) is 4.31 Å². The Balaban J connectivity index is 1.78. The van der Waals surface area contributed by atoms with E-state index in [1.165, 1.54) is 19.2 Å². The summed E-state index contributed by atoms with van der Waals surface area (Å²) in [6, 6.07) is 14.7. The summed E-state index contributed by atoms with van der Waals surface area (Å²) in [5.74, 6) is -1.25. The van der Waals surface area contributed by atoms with Crippen molar-refractivity contribution in [2.24, 2.45) is 0 Å². The molecule has 0 aromatic heterocycles. The summed E-state index contributed by atoms with van der Waals surface area (Å²) in [6.45, 7) is 1.13. The summed E-state index contributed by atoms with van der Waals surface area (Å²) in [6.07, 6.45) is 0. The second-order valence-corrected chi connectivity index (χ2v) is 7.84. The molecule has 0 saturated heterocycles. The summed E-state index contributed by atoms with van der Waals surface area (Å²) in [5, 5.41) is 0. The smallest absolute Gasteiger partial charge is 0.338 e. The molecule has 0 heterocycles. The summed E-state index contributed by atoms with van der Waals surface area (Å²) in [4.78, 5) is 23.7. The first kappa shape index (κ1) is 20.6. The monoisotopic (exact) mass is 391 g/mol. The van der Waals surface area contributed by atoms with Crippen molar-refractivity contribution in [3.8, 4) is 0 Å². The Morgan fingerprint density at radius 3 is 2.15 bits per heavy atom. The lowest BCUT2D eigenvalue weighted by atomic mass is 10.2. The van der Waals surface area contributed by atoms with Crippen LogP contribution in [0.4, 0.5) is 0 Å². The zero-order valence-corrected chi connectivity index (χ0v) is 15.9. The first-order chi connectivity index (χ1) is 12.8. The number of likely N-dealkylation sites (N-methyl/N-ethyl adjacent to an activating group) is 1. The maximum Gasteiger partial charge on any atom is 0.338 e. The maximum absolute atomic E-state index is 12.4. The molecule has 2 rings (SSSR count). The van der Waals surface area contributed by atoms with Crippen LogP contribution in [0.5, 0.6) is 0 Å². The fourth-order valence-corrected chi connectivity index (χ4v) is 3.27. The van der Waals surface area contributed by atoms with E-state index in [1.807, 2.05) is 6.92 Å². The minimum absolute atomic E-state index is 0.0974. The molecular formula is C19H21NO6S. The highest BCUT2D eigenvalue weighted by molar-refractivity contribution is 7.89. The van der Waals surface area contributed by atoms with Gasteiger partial charge in [-0.3, -0.25) is 4.79 Å². The van der Waals surface area contributed by atoms with Crippen LogP contribution < -0.4 is 0 Å². The number of benzene rings is 2. The number of nitrogens with zero attached hydrogens (tertiary/aromatic N) is 1. The molecule has 0 unspecified atom stereocenters. The molecule has 0 bridgehead atoms. The van der Waals surface area contributed by atoms with Crippen LogP contribution in [-0.4, -0.2) is 51.5 Å². The fourth-order valence-electron chi connectivity index (χ4n) is 2.15. The Kier molecular flexibility index (Phi) is 7.09. The van der Waals surface area contributed by atoms with E-state index in [-0.39, 0.29) is 18.1 Å². The maximum atomic E-state index is 12.4. The number of sulfonamides is 1. The first-order valence-electron chi connectivity index (χ1n) is 8.21. The minimum Gasteiger partial charge on any atom is -0.461 e. The van der Waals surface area contributed by atoms with Crippen LogP contribution in [0.1, 0.15) is 15.9 Å². The highest BCUT2D eigenvalue weighted by Gasteiger charge is 2.23. The zero-order chi connectivity index (χ0) is 19.9. The van der Waals surface area contributed by atoms with Crippen molar-refractivity contribution in [1.29, 1.82) is 0 Å². The third-order valence-electron chi connectivity index (χ3n) is 3.67. The van der Waals surface area contributed by atoms with Gasteiger partial charge in [-0.05, 0) is 31.2 Å². The van der Waals surface area contributed by atoms with Crippen molar-refractivity contribution < 1.29 is 27.5 Å². The Morgan fingerprint density at radius 2 is 1.52 bits per heavy atom. The molecule has 8 heteroatoms. The molecule has 0 fully saturated rings. The van der Waals surface area contributed by atoms with E-state index in [0.29, 0.717) is 5.56 Å². The Bertz CT molecular complexity index is 878. The number of rotatable bonds is 8. The van der Waals surface area contributed by atoms with Crippen LogP contribution in [0, 0.1) is 6.92 Å². The highest BCUT2D eigenvalue weighted by Crippen LogP contribution is 2.14. The first-order valence-corrected chi connectivity index (χ1v) is 9.65. The minimum atomic E-state index is -3.78. The van der Waals surface area contributed by atoms with E-state index < -0.39 is 28.5 Å². The van der Waals surface area contributed by atoms with E-state index in [2.05, 4.69) is 0 Å². The van der Waals surface area contributed by atoms with Gasteiger partial charge in [0, 0.05) is 7.05 Å². The molecule has 0 radical (unpaired) electrons. The Labute approximate surface area is 158 Å². The fraction of sp³-hybridized carbons (Fsp3) is 0.263. The van der Waals surface area contributed by atoms with Gasteiger partial charge in [0.2, 0.25) is 10.0 Å². The predicted octanol–water partition coefficient (Wildman–Crippen LogP) is 2.02. The van der Waals surface area contributed by atoms with Gasteiger partial charge in [-0.2, -0.15) is 4.31 Å². The van der Waals surface area contributed by atoms with Gasteiger partial charge < -0.3 is 9.47 Å². The number of ether oxygens (including phenoxy) is 2. The Hall–Kier alpha value is -2.71. The van der Waals surface area contributed by atoms with Gasteiger partial charge in [-0.25, -0.2) is 13.2 Å². The molecule has 0 N–H and O–H groups in total. The molecule has 0 aliphatic rings. The van der Waals surface area contributed by atoms with Gasteiger partial charge in [0.15, 0.2) is 0 Å². The van der Waals surface area contributed by atoms with Crippen LogP contribution in [0.25, 0.3) is 0 Å². The summed E-state index contributed by atoms with van der Waals surface area (Å²) in [5.41, 5.74) is 1.33. The topological polar surface area (TPSA) is 90.0 Å². The van der Waals surface area contributed by atoms with Crippen molar-refractivity contribution in [3.05, 3.63) is 65.7 Å². The average Bonchev–Trinajstić information content (AvgIpc) is 2.66. The Morgan fingerprint density at radius 1 is 0.926 bits per heavy atom. The third kappa shape index (κ3) is 5.90. The molecule has 144 valence electrons. The van der Waals surface area contributed by atoms with E-state index in [0.717, 1.165) is 9.87 Å². The number of carbonyl (C=O) groups is 2. The van der Waals surface area contributed by atoms with Gasteiger partial charge in [-0.15, -0.1) is 0 Å². The van der Waals surface area contributed by atoms with Gasteiger partial charge >= 0.3 is 11.9 Å². The van der Waals surface area contributed by atoms with Crippen LogP contribution >= 0.6 is 0 Å². The van der Waals surface area contributed by atoms with Crippen molar-refractivity contribution in [3.63, 3.8) is 0 Å². The molecule has 0 saturated carbocycles. The van der Waals surface area contributed by atoms with Crippen molar-refractivity contribution in [2.45, 2.75) is 11.8 Å². The quantitative estimate of drug-likeness (QED) is 0.505. The normalized spacial score (nSPS) is 11.2. The summed E-state index contributed by atoms with van der Waals surface area (Å²) in [7, 11) is -2.49. The number of carbonyl (C=O) groups excluding carboxylic acids is 2. The van der Waals surface area contributed by atoms with Gasteiger partial charge in [-0.1, -0.05) is 35.9 Å². The van der Waals surface area contributed by atoms with Crippen LogP contribution in [0.2, 0.25) is 0 Å². The number of hydrogen-bond donors (Lipinski definition) is 0. The molecule has 0 aliphatic carbocycles. The van der Waals surface area contributed by atoms with Gasteiger partial charge in [0.25, 0.3) is 0 Å². The summed E-state index contributed by atoms with van der Waals surface area (Å²) < 4.78 is 35.6. The largest absolute Gasteiger partial charge is 0.461 e. The highest BCUT2D eigenvalue weighted by atomic mass is 32.2. The number of hydrogen-bond acceptors (Lipinski definition) is 6. The number of esters is 2. The van der Waals surface area contributed by atoms with Crippen molar-refractivity contribution >= 4 is 22.0 Å². The molecule has 27 heavy (non-hydrogen) atoms. The lowest BCUT2D eigenvalue weighted by molar-refractivity contribution is -0.144. The standard InChI is InChI=1S/C19H21NO6S/c1-15-8-10-17(11-9-15)27(23,24)20(2)14-18(21)25-12-13-26-19(22)16-6-4-3-5-7-16/h3-11H,12-14H2,1-2H3. The van der Waals surface area contributed by atoms with E-state index in [1.54, 1.807) is 42.5 Å². The van der Waals surface area contributed by atoms with Crippen LogP contribution in [0.3, 0.4) is 0 Å². The van der Waals surface area contributed by atoms with E-state index >= 15 is 0 Å². The average molecular weight is 391 g/mol. The van der Waals surface area contributed by atoms with Gasteiger partial charge in [0.05, 0.1) is 10.5 Å². The van der Waals surface area contributed by atoms with E-state index in [4.69, 9.17) is 9.47 Å². The van der Waals surface area contributed by atoms with Crippen LogP contribution in [-0.2, 0) is 24.3 Å². The van der Waals surface area contributed by atoms with E-state index in [9.17, 15) is 18.0 Å². The third-order valence-corrected chi connectivity index (χ3v) is 5.49. The lowest BCUT2D eigenvalue weighted by Crippen LogP contribution is -2.33. The molecule has 0 amide bonds. The SMILES string of the molecule is Cc1ccc(S(=O)(=O)N(C)CC(=O)OCCOC(=O)c2ccccc2)cc1. The molecular weight excluding hydrogens is 370 g/mol. The molecule has 0 aliphatic heterocycles. The molecule has 2 aromatic rings. The lowest BCUT2D eigenvalue weighted by Gasteiger charge is -2.16. The summed E-state index contributed by atoms with van der Waals surface area (Å²) >= 11 is 0. The zero-order valence-electron chi connectivity index (χ0n) is 15.1. The van der Waals surface area contributed by atoms with Gasteiger partial charge in [0.1, 0.15) is 19.8 Å². The molecule has 7 nitrogen and oxygen atoms in total. The van der Waals surface area contributed by atoms with Crippen molar-refractivity contribution in [2.75, 3.05) is 26.8 Å². The molecule has 0 atom stereocenters.